The normalized spacial score (nSPS) is 19.5. The van der Waals surface area contributed by atoms with Gasteiger partial charge in [-0.2, -0.15) is 0 Å². The summed E-state index contributed by atoms with van der Waals surface area (Å²) >= 11 is 0. The predicted molar refractivity (Wildman–Crippen MR) is 58.0 cm³/mol. The van der Waals surface area contributed by atoms with Gasteiger partial charge in [0.05, 0.1) is 17.7 Å². The molecule has 17 heavy (non-hydrogen) atoms. The molecule has 2 unspecified atom stereocenters. The van der Waals surface area contributed by atoms with Crippen molar-refractivity contribution < 1.29 is 24.2 Å². The second-order valence-corrected chi connectivity index (χ2v) is 3.86. The summed E-state index contributed by atoms with van der Waals surface area (Å²) in [5, 5.41) is 8.71. The zero-order valence-corrected chi connectivity index (χ0v) is 9.25. The van der Waals surface area contributed by atoms with Crippen LogP contribution in [0.15, 0.2) is 24.3 Å². The van der Waals surface area contributed by atoms with E-state index < -0.39 is 11.9 Å². The molecule has 1 aliphatic heterocycles. The van der Waals surface area contributed by atoms with Crippen LogP contribution in [-0.4, -0.2) is 35.9 Å². The summed E-state index contributed by atoms with van der Waals surface area (Å²) in [6.45, 7) is 2.38. The Hall–Kier alpha value is -1.88. The van der Waals surface area contributed by atoms with Crippen LogP contribution in [0.5, 0.6) is 0 Å². The van der Waals surface area contributed by atoms with Gasteiger partial charge in [0.1, 0.15) is 12.2 Å². The van der Waals surface area contributed by atoms with Gasteiger partial charge in [-0.25, -0.2) is 9.59 Å². The summed E-state index contributed by atoms with van der Waals surface area (Å²) in [6, 6.07) is 5.62. The Bertz CT molecular complexity index is 433. The highest BCUT2D eigenvalue weighted by atomic mass is 16.6. The van der Waals surface area contributed by atoms with Gasteiger partial charge in [0.25, 0.3) is 0 Å². The molecule has 5 heteroatoms. The molecule has 0 spiro atoms. The van der Waals surface area contributed by atoms with E-state index in [9.17, 15) is 9.59 Å². The van der Waals surface area contributed by atoms with Gasteiger partial charge in [-0.3, -0.25) is 0 Å². The van der Waals surface area contributed by atoms with E-state index in [1.165, 1.54) is 24.3 Å². The van der Waals surface area contributed by atoms with Crippen molar-refractivity contribution in [2.75, 3.05) is 6.61 Å². The lowest BCUT2D eigenvalue weighted by Gasteiger charge is -2.10. The van der Waals surface area contributed by atoms with Crippen molar-refractivity contribution in [3.05, 3.63) is 35.4 Å². The fraction of sp³-hybridized carbons (Fsp3) is 0.333. The van der Waals surface area contributed by atoms with Gasteiger partial charge in [-0.15, -0.1) is 0 Å². The van der Waals surface area contributed by atoms with Crippen LogP contribution in [0.25, 0.3) is 0 Å². The molecular formula is C12H12O5. The number of carbonyl (C=O) groups excluding carboxylic acids is 1. The Morgan fingerprint density at radius 3 is 2.35 bits per heavy atom. The number of rotatable bonds is 4. The molecule has 1 aromatic carbocycles. The maximum absolute atomic E-state index is 11.6. The Labute approximate surface area is 98.0 Å². The van der Waals surface area contributed by atoms with E-state index >= 15 is 0 Å². The Morgan fingerprint density at radius 1 is 1.35 bits per heavy atom. The molecule has 1 N–H and O–H groups in total. The van der Waals surface area contributed by atoms with Crippen molar-refractivity contribution in [1.29, 1.82) is 0 Å². The van der Waals surface area contributed by atoms with E-state index in [4.69, 9.17) is 14.6 Å². The monoisotopic (exact) mass is 236 g/mol. The average molecular weight is 236 g/mol. The average Bonchev–Trinajstić information content (AvgIpc) is 3.12. The molecule has 1 saturated heterocycles. The Morgan fingerprint density at radius 2 is 1.88 bits per heavy atom. The molecule has 2 atom stereocenters. The molecular weight excluding hydrogens is 224 g/mol. The first kappa shape index (κ1) is 11.6. The molecule has 0 saturated carbocycles. The van der Waals surface area contributed by atoms with E-state index in [-0.39, 0.29) is 17.8 Å². The summed E-state index contributed by atoms with van der Waals surface area (Å²) < 4.78 is 10.2. The molecule has 0 radical (unpaired) electrons. The number of aromatic carboxylic acids is 1. The lowest BCUT2D eigenvalue weighted by molar-refractivity contribution is 0.0278. The van der Waals surface area contributed by atoms with Crippen LogP contribution in [0.4, 0.5) is 0 Å². The molecule has 90 valence electrons. The highest BCUT2D eigenvalue weighted by Crippen LogP contribution is 2.18. The smallest absolute Gasteiger partial charge is 0.338 e. The van der Waals surface area contributed by atoms with Gasteiger partial charge in [-0.1, -0.05) is 0 Å². The van der Waals surface area contributed by atoms with Crippen LogP contribution in [0.1, 0.15) is 27.6 Å². The molecule has 0 aliphatic carbocycles. The van der Waals surface area contributed by atoms with Gasteiger partial charge in [0.2, 0.25) is 0 Å². The maximum Gasteiger partial charge on any atom is 0.338 e. The lowest BCUT2D eigenvalue weighted by Crippen LogP contribution is -2.20. The van der Waals surface area contributed by atoms with Crippen molar-refractivity contribution >= 4 is 11.9 Å². The standard InChI is InChI=1S/C12H12O5/c1-7(10-6-16-10)17-12(15)9-4-2-8(3-5-9)11(13)14/h2-5,7,10H,6H2,1H3,(H,13,14). The highest BCUT2D eigenvalue weighted by Gasteiger charge is 2.32. The van der Waals surface area contributed by atoms with Gasteiger partial charge in [0.15, 0.2) is 0 Å². The van der Waals surface area contributed by atoms with E-state index in [1.54, 1.807) is 6.92 Å². The summed E-state index contributed by atoms with van der Waals surface area (Å²) in [5.41, 5.74) is 0.475. The van der Waals surface area contributed by atoms with E-state index in [0.717, 1.165) is 0 Å². The summed E-state index contributed by atoms with van der Waals surface area (Å²) in [6.07, 6.45) is -0.279. The predicted octanol–water partition coefficient (Wildman–Crippen LogP) is 1.33. The first-order valence-electron chi connectivity index (χ1n) is 5.24. The topological polar surface area (TPSA) is 76.1 Å². The first-order chi connectivity index (χ1) is 8.08. The van der Waals surface area contributed by atoms with Crippen molar-refractivity contribution in [2.24, 2.45) is 0 Å². The van der Waals surface area contributed by atoms with E-state index in [1.807, 2.05) is 0 Å². The van der Waals surface area contributed by atoms with Crippen LogP contribution < -0.4 is 0 Å². The first-order valence-corrected chi connectivity index (χ1v) is 5.24. The van der Waals surface area contributed by atoms with Crippen LogP contribution in [0, 0.1) is 0 Å². The fourth-order valence-electron chi connectivity index (χ4n) is 1.39. The molecule has 5 nitrogen and oxygen atoms in total. The van der Waals surface area contributed by atoms with Crippen LogP contribution in [0.3, 0.4) is 0 Å². The summed E-state index contributed by atoms with van der Waals surface area (Å²) in [7, 11) is 0. The minimum Gasteiger partial charge on any atom is -0.478 e. The van der Waals surface area contributed by atoms with Gasteiger partial charge in [-0.05, 0) is 31.2 Å². The number of ether oxygens (including phenoxy) is 2. The largest absolute Gasteiger partial charge is 0.478 e. The molecule has 0 amide bonds. The van der Waals surface area contributed by atoms with Gasteiger partial charge < -0.3 is 14.6 Å². The molecule has 0 bridgehead atoms. The summed E-state index contributed by atoms with van der Waals surface area (Å²) in [4.78, 5) is 22.3. The molecule has 0 aromatic heterocycles. The number of esters is 1. The molecule has 1 aliphatic rings. The number of epoxide rings is 1. The van der Waals surface area contributed by atoms with Crippen molar-refractivity contribution in [2.45, 2.75) is 19.1 Å². The second kappa shape index (κ2) is 4.55. The fourth-order valence-corrected chi connectivity index (χ4v) is 1.39. The Kier molecular flexibility index (Phi) is 3.10. The molecule has 1 aromatic rings. The number of hydrogen-bond acceptors (Lipinski definition) is 4. The maximum atomic E-state index is 11.6. The van der Waals surface area contributed by atoms with Crippen molar-refractivity contribution in [3.63, 3.8) is 0 Å². The molecule has 2 rings (SSSR count). The van der Waals surface area contributed by atoms with Crippen LogP contribution in [-0.2, 0) is 9.47 Å². The third-order valence-electron chi connectivity index (χ3n) is 2.54. The number of benzene rings is 1. The van der Waals surface area contributed by atoms with Crippen molar-refractivity contribution in [1.82, 2.24) is 0 Å². The highest BCUT2D eigenvalue weighted by molar-refractivity contribution is 5.92. The van der Waals surface area contributed by atoms with Gasteiger partial charge in [0, 0.05) is 0 Å². The minimum absolute atomic E-state index is 0.00255. The molecule has 1 fully saturated rings. The summed E-state index contributed by atoms with van der Waals surface area (Å²) in [5.74, 6) is -1.49. The third kappa shape index (κ3) is 2.82. The third-order valence-corrected chi connectivity index (χ3v) is 2.54. The van der Waals surface area contributed by atoms with E-state index in [2.05, 4.69) is 0 Å². The number of carboxylic acid groups (broad SMARTS) is 1. The molecule has 1 heterocycles. The Balaban J connectivity index is 2.00. The quantitative estimate of drug-likeness (QED) is 0.630. The lowest BCUT2D eigenvalue weighted by atomic mass is 10.1. The van der Waals surface area contributed by atoms with E-state index in [0.29, 0.717) is 12.2 Å². The van der Waals surface area contributed by atoms with Gasteiger partial charge >= 0.3 is 11.9 Å². The minimum atomic E-state index is -1.02. The zero-order chi connectivity index (χ0) is 12.4. The van der Waals surface area contributed by atoms with Crippen LogP contribution >= 0.6 is 0 Å². The second-order valence-electron chi connectivity index (χ2n) is 3.86. The number of carboxylic acids is 1. The number of carbonyl (C=O) groups is 2. The zero-order valence-electron chi connectivity index (χ0n) is 9.25. The van der Waals surface area contributed by atoms with Crippen LogP contribution in [0.2, 0.25) is 0 Å². The number of hydrogen-bond donors (Lipinski definition) is 1. The SMILES string of the molecule is CC(OC(=O)c1ccc(C(=O)O)cc1)C1CO1. The van der Waals surface area contributed by atoms with Crippen molar-refractivity contribution in [3.8, 4) is 0 Å².